The molecule has 0 atom stereocenters. The number of benzene rings is 2. The van der Waals surface area contributed by atoms with Crippen LogP contribution < -0.4 is 0 Å². The first-order valence-electron chi connectivity index (χ1n) is 7.78. The van der Waals surface area contributed by atoms with Crippen molar-refractivity contribution in [2.24, 2.45) is 0 Å². The molecule has 0 amide bonds. The van der Waals surface area contributed by atoms with Crippen molar-refractivity contribution in [1.82, 2.24) is 0 Å². The third-order valence-electron chi connectivity index (χ3n) is 3.47. The maximum Gasteiger partial charge on any atom is 0.336 e. The first-order chi connectivity index (χ1) is 13.5. The van der Waals surface area contributed by atoms with Crippen molar-refractivity contribution in [2.75, 3.05) is 0 Å². The van der Waals surface area contributed by atoms with E-state index >= 15 is 0 Å². The van der Waals surface area contributed by atoms with Crippen LogP contribution in [0.15, 0.2) is 42.5 Å². The van der Waals surface area contributed by atoms with Crippen LogP contribution in [0.25, 0.3) is 0 Å². The lowest BCUT2D eigenvalue weighted by Gasteiger charge is -2.02. The van der Waals surface area contributed by atoms with Gasteiger partial charge in [0.15, 0.2) is 0 Å². The predicted molar refractivity (Wildman–Crippen MR) is 96.1 cm³/mol. The number of hydrogen-bond acceptors (Lipinski definition) is 6. The molecule has 0 saturated carbocycles. The van der Waals surface area contributed by atoms with E-state index in [-0.39, 0.29) is 28.8 Å². The molecule has 2 aromatic rings. The van der Waals surface area contributed by atoms with E-state index in [4.69, 9.17) is 20.4 Å². The van der Waals surface area contributed by atoms with Gasteiger partial charge in [-0.1, -0.05) is 24.3 Å². The highest BCUT2D eigenvalue weighted by atomic mass is 16.6. The fourth-order valence-electron chi connectivity index (χ4n) is 2.24. The van der Waals surface area contributed by atoms with E-state index in [0.29, 0.717) is 5.56 Å². The Bertz CT molecular complexity index is 967. The van der Waals surface area contributed by atoms with Gasteiger partial charge in [0, 0.05) is 12.1 Å². The van der Waals surface area contributed by atoms with Crippen LogP contribution in [0.4, 0.5) is 5.69 Å². The number of carboxylic acids is 4. The number of nitrogens with zero attached hydrogens (tertiary/aromatic N) is 1. The lowest BCUT2D eigenvalue weighted by Crippen LogP contribution is -2.08. The quantitative estimate of drug-likeness (QED) is 0.390. The number of carbonyl (C=O) groups is 4. The summed E-state index contributed by atoms with van der Waals surface area (Å²) < 4.78 is 0. The van der Waals surface area contributed by atoms with E-state index < -0.39 is 35.2 Å². The van der Waals surface area contributed by atoms with Gasteiger partial charge < -0.3 is 20.4 Å². The van der Waals surface area contributed by atoms with Crippen molar-refractivity contribution in [1.29, 1.82) is 0 Å². The summed E-state index contributed by atoms with van der Waals surface area (Å²) >= 11 is 0. The molecule has 11 nitrogen and oxygen atoms in total. The lowest BCUT2D eigenvalue weighted by molar-refractivity contribution is -0.384. The molecular formula is C18H15NO10. The lowest BCUT2D eigenvalue weighted by atomic mass is 10.0. The summed E-state index contributed by atoms with van der Waals surface area (Å²) in [5.41, 5.74) is -0.346. The van der Waals surface area contributed by atoms with Gasteiger partial charge >= 0.3 is 23.9 Å². The SMILES string of the molecule is O=C(O)Cc1ccc([N+](=O)[O-])cc1C(=O)O.O=C(O)Cc1ccccc1C(=O)O. The summed E-state index contributed by atoms with van der Waals surface area (Å²) in [7, 11) is 0. The minimum atomic E-state index is -1.39. The number of nitro benzene ring substituents is 1. The molecule has 0 aromatic heterocycles. The predicted octanol–water partition coefficient (Wildman–Crippen LogP) is 1.93. The molecule has 0 spiro atoms. The number of rotatable bonds is 7. The normalized spacial score (nSPS) is 9.66. The Morgan fingerprint density at radius 2 is 1.24 bits per heavy atom. The summed E-state index contributed by atoms with van der Waals surface area (Å²) in [6, 6.07) is 9.12. The number of non-ortho nitro benzene ring substituents is 1. The summed E-state index contributed by atoms with van der Waals surface area (Å²) in [4.78, 5) is 51.8. The second kappa shape index (κ2) is 10.2. The molecule has 0 aliphatic rings. The third-order valence-corrected chi connectivity index (χ3v) is 3.47. The zero-order chi connectivity index (χ0) is 22.1. The van der Waals surface area contributed by atoms with Crippen LogP contribution in [0.5, 0.6) is 0 Å². The van der Waals surface area contributed by atoms with Crippen LogP contribution >= 0.6 is 0 Å². The first kappa shape index (κ1) is 22.8. The second-order valence-corrected chi connectivity index (χ2v) is 5.51. The van der Waals surface area contributed by atoms with Crippen molar-refractivity contribution < 1.29 is 44.5 Å². The van der Waals surface area contributed by atoms with Crippen molar-refractivity contribution in [3.05, 3.63) is 74.8 Å². The zero-order valence-electron chi connectivity index (χ0n) is 14.6. The number of nitro groups is 1. The van der Waals surface area contributed by atoms with E-state index in [9.17, 15) is 29.3 Å². The Hall–Kier alpha value is -4.28. The summed E-state index contributed by atoms with van der Waals surface area (Å²) in [5.74, 6) is -4.72. The average Bonchev–Trinajstić information content (AvgIpc) is 2.61. The Labute approximate surface area is 162 Å². The molecule has 0 heterocycles. The van der Waals surface area contributed by atoms with Crippen LogP contribution in [0, 0.1) is 10.1 Å². The van der Waals surface area contributed by atoms with Crippen LogP contribution in [0.2, 0.25) is 0 Å². The molecule has 0 unspecified atom stereocenters. The van der Waals surface area contributed by atoms with E-state index in [1.807, 2.05) is 0 Å². The fraction of sp³-hybridized carbons (Fsp3) is 0.111. The van der Waals surface area contributed by atoms with E-state index in [1.54, 1.807) is 12.1 Å². The van der Waals surface area contributed by atoms with Gasteiger partial charge in [-0.15, -0.1) is 0 Å². The standard InChI is InChI=1S/C9H7NO6.C9H8O4/c11-8(12)3-5-1-2-6(10(15)16)4-7(5)9(13)14;10-8(11)5-6-3-1-2-4-7(6)9(12)13/h1-2,4H,3H2,(H,11,12)(H,13,14);1-4H,5H2,(H,10,11)(H,12,13). The van der Waals surface area contributed by atoms with Gasteiger partial charge in [-0.3, -0.25) is 19.7 Å². The van der Waals surface area contributed by atoms with Gasteiger partial charge in [0.2, 0.25) is 0 Å². The van der Waals surface area contributed by atoms with Crippen LogP contribution in [-0.4, -0.2) is 49.2 Å². The van der Waals surface area contributed by atoms with Crippen molar-refractivity contribution in [3.63, 3.8) is 0 Å². The van der Waals surface area contributed by atoms with E-state index in [1.165, 1.54) is 12.1 Å². The van der Waals surface area contributed by atoms with Gasteiger partial charge in [0.25, 0.3) is 5.69 Å². The van der Waals surface area contributed by atoms with Crippen LogP contribution in [-0.2, 0) is 22.4 Å². The number of hydrogen-bond donors (Lipinski definition) is 4. The van der Waals surface area contributed by atoms with Gasteiger partial charge in [-0.25, -0.2) is 9.59 Å². The van der Waals surface area contributed by atoms with Gasteiger partial charge in [0.05, 0.1) is 28.9 Å². The highest BCUT2D eigenvalue weighted by molar-refractivity contribution is 5.92. The highest BCUT2D eigenvalue weighted by Gasteiger charge is 2.17. The molecule has 0 aliphatic heterocycles. The molecule has 2 aromatic carbocycles. The fourth-order valence-corrected chi connectivity index (χ4v) is 2.24. The van der Waals surface area contributed by atoms with E-state index in [2.05, 4.69) is 0 Å². The van der Waals surface area contributed by atoms with Crippen LogP contribution in [0.1, 0.15) is 31.8 Å². The summed E-state index contributed by atoms with van der Waals surface area (Å²) in [6.45, 7) is 0. The number of aliphatic carboxylic acids is 2. The minimum Gasteiger partial charge on any atom is -0.481 e. The van der Waals surface area contributed by atoms with Crippen molar-refractivity contribution in [3.8, 4) is 0 Å². The van der Waals surface area contributed by atoms with Crippen molar-refractivity contribution in [2.45, 2.75) is 12.8 Å². The van der Waals surface area contributed by atoms with E-state index in [0.717, 1.165) is 18.2 Å². The molecule has 0 saturated heterocycles. The third kappa shape index (κ3) is 7.09. The maximum atomic E-state index is 10.8. The number of aromatic carboxylic acids is 2. The van der Waals surface area contributed by atoms with Crippen LogP contribution in [0.3, 0.4) is 0 Å². The Balaban J connectivity index is 0.000000296. The Kier molecular flexibility index (Phi) is 7.97. The zero-order valence-corrected chi connectivity index (χ0v) is 14.6. The maximum absolute atomic E-state index is 10.8. The molecule has 152 valence electrons. The molecule has 4 N–H and O–H groups in total. The summed E-state index contributed by atoms with van der Waals surface area (Å²) in [5, 5.41) is 44.9. The minimum absolute atomic E-state index is 0.0330. The largest absolute Gasteiger partial charge is 0.481 e. The molecule has 0 radical (unpaired) electrons. The average molecular weight is 405 g/mol. The van der Waals surface area contributed by atoms with Gasteiger partial charge in [-0.05, 0) is 17.2 Å². The highest BCUT2D eigenvalue weighted by Crippen LogP contribution is 2.18. The summed E-state index contributed by atoms with van der Waals surface area (Å²) in [6.07, 6.45) is -0.748. The monoisotopic (exact) mass is 405 g/mol. The molecule has 29 heavy (non-hydrogen) atoms. The molecular weight excluding hydrogens is 390 g/mol. The van der Waals surface area contributed by atoms with Gasteiger partial charge in [0.1, 0.15) is 0 Å². The first-order valence-corrected chi connectivity index (χ1v) is 7.78. The molecule has 2 rings (SSSR count). The molecule has 0 aliphatic carbocycles. The topological polar surface area (TPSA) is 192 Å². The van der Waals surface area contributed by atoms with Crippen molar-refractivity contribution >= 4 is 29.6 Å². The second-order valence-electron chi connectivity index (χ2n) is 5.51. The Morgan fingerprint density at radius 1 is 0.759 bits per heavy atom. The smallest absolute Gasteiger partial charge is 0.336 e. The Morgan fingerprint density at radius 3 is 1.69 bits per heavy atom. The number of carboxylic acid groups (broad SMARTS) is 4. The van der Waals surface area contributed by atoms with Gasteiger partial charge in [-0.2, -0.15) is 0 Å². The molecule has 0 bridgehead atoms. The molecule has 11 heteroatoms. The molecule has 0 fully saturated rings.